The number of carbonyl (C=O) groups excluding carboxylic acids is 1. The normalized spacial score (nSPS) is 26.7. The molecule has 1 aromatic heterocycles. The third kappa shape index (κ3) is 5.04. The summed E-state index contributed by atoms with van der Waals surface area (Å²) in [4.78, 5) is 28.9. The quantitative estimate of drug-likeness (QED) is 0.490. The SMILES string of the molecule is CC1(C)OC[C@@H](COc2cc(NC(=O)C3(c4cccc(C(F)(F)F)c4)NC=C4C(=N[C@H]5CCN4C5)N3)ncn2)O1. The molecule has 0 spiro atoms. The zero-order valence-electron chi connectivity index (χ0n) is 21.8. The van der Waals surface area contributed by atoms with Gasteiger partial charge in [-0.05, 0) is 32.4 Å². The summed E-state index contributed by atoms with van der Waals surface area (Å²) in [5.41, 5.74) is -1.89. The molecule has 2 aromatic rings. The lowest BCUT2D eigenvalue weighted by molar-refractivity contribution is -0.141. The molecule has 1 unspecified atom stereocenters. The van der Waals surface area contributed by atoms with Crippen molar-refractivity contribution in [2.75, 3.05) is 31.6 Å². The van der Waals surface area contributed by atoms with Crippen LogP contribution in [0.25, 0.3) is 0 Å². The fourth-order valence-corrected chi connectivity index (χ4v) is 5.17. The molecule has 0 radical (unpaired) electrons. The molecule has 3 N–H and O–H groups in total. The van der Waals surface area contributed by atoms with Crippen LogP contribution in [0.15, 0.2) is 53.5 Å². The summed E-state index contributed by atoms with van der Waals surface area (Å²) in [6, 6.07) is 6.08. The molecule has 14 heteroatoms. The largest absolute Gasteiger partial charge is 0.475 e. The van der Waals surface area contributed by atoms with E-state index in [2.05, 4.69) is 30.8 Å². The van der Waals surface area contributed by atoms with Gasteiger partial charge < -0.3 is 35.1 Å². The second kappa shape index (κ2) is 9.63. The first-order chi connectivity index (χ1) is 19.0. The lowest BCUT2D eigenvalue weighted by atomic mass is 9.94. The minimum atomic E-state index is -4.60. The number of halogens is 3. The molecule has 6 rings (SSSR count). The fourth-order valence-electron chi connectivity index (χ4n) is 5.17. The summed E-state index contributed by atoms with van der Waals surface area (Å²) in [5, 5.41) is 8.84. The number of nitrogens with zero attached hydrogens (tertiary/aromatic N) is 4. The van der Waals surface area contributed by atoms with E-state index in [0.29, 0.717) is 12.4 Å². The third-order valence-electron chi connectivity index (χ3n) is 7.12. The number of carbonyl (C=O) groups is 1. The lowest BCUT2D eigenvalue weighted by Crippen LogP contribution is -2.65. The van der Waals surface area contributed by atoms with Crippen LogP contribution < -0.4 is 20.7 Å². The van der Waals surface area contributed by atoms with Gasteiger partial charge in [0, 0.05) is 30.9 Å². The van der Waals surface area contributed by atoms with Gasteiger partial charge in [0.1, 0.15) is 30.7 Å². The first-order valence-electron chi connectivity index (χ1n) is 12.9. The van der Waals surface area contributed by atoms with Crippen LogP contribution >= 0.6 is 0 Å². The Labute approximate surface area is 227 Å². The summed E-state index contributed by atoms with van der Waals surface area (Å²) in [6.45, 7) is 5.68. The van der Waals surface area contributed by atoms with E-state index < -0.39 is 29.1 Å². The van der Waals surface area contributed by atoms with Crippen LogP contribution in [0.5, 0.6) is 5.88 Å². The molecule has 2 saturated heterocycles. The fraction of sp³-hybridized carbons (Fsp3) is 0.462. The third-order valence-corrected chi connectivity index (χ3v) is 7.12. The van der Waals surface area contributed by atoms with Crippen molar-refractivity contribution >= 4 is 17.6 Å². The van der Waals surface area contributed by atoms with Crippen molar-refractivity contribution in [3.8, 4) is 5.88 Å². The van der Waals surface area contributed by atoms with Crippen molar-refractivity contribution in [2.24, 2.45) is 4.99 Å². The van der Waals surface area contributed by atoms with E-state index >= 15 is 0 Å². The van der Waals surface area contributed by atoms with Gasteiger partial charge in [0.2, 0.25) is 11.5 Å². The first-order valence-corrected chi connectivity index (χ1v) is 12.9. The maximum absolute atomic E-state index is 13.9. The Morgan fingerprint density at radius 1 is 1.27 bits per heavy atom. The lowest BCUT2D eigenvalue weighted by Gasteiger charge is -2.42. The number of ether oxygens (including phenoxy) is 3. The van der Waals surface area contributed by atoms with Crippen LogP contribution in [-0.2, 0) is 26.1 Å². The van der Waals surface area contributed by atoms with E-state index in [1.165, 1.54) is 24.5 Å². The summed E-state index contributed by atoms with van der Waals surface area (Å²) < 4.78 is 57.9. The van der Waals surface area contributed by atoms with E-state index in [1.54, 1.807) is 20.0 Å². The average molecular weight is 560 g/mol. The van der Waals surface area contributed by atoms with Crippen molar-refractivity contribution < 1.29 is 32.2 Å². The average Bonchev–Trinajstić information content (AvgIpc) is 3.48. The molecule has 4 aliphatic rings. The maximum atomic E-state index is 13.9. The predicted molar refractivity (Wildman–Crippen MR) is 136 cm³/mol. The summed E-state index contributed by atoms with van der Waals surface area (Å²) >= 11 is 0. The van der Waals surface area contributed by atoms with E-state index in [-0.39, 0.29) is 36.0 Å². The van der Waals surface area contributed by atoms with Gasteiger partial charge in [-0.15, -0.1) is 0 Å². The number of benzene rings is 1. The Kier molecular flexibility index (Phi) is 6.33. The van der Waals surface area contributed by atoms with Crippen LogP contribution in [0.2, 0.25) is 0 Å². The number of rotatable bonds is 6. The molecule has 2 fully saturated rings. The molecular formula is C26H28F3N7O4. The van der Waals surface area contributed by atoms with E-state index in [1.807, 2.05) is 0 Å². The summed E-state index contributed by atoms with van der Waals surface area (Å²) in [7, 11) is 0. The second-order valence-corrected chi connectivity index (χ2v) is 10.5. The van der Waals surface area contributed by atoms with E-state index in [4.69, 9.17) is 19.2 Å². The van der Waals surface area contributed by atoms with Gasteiger partial charge in [0.05, 0.1) is 23.9 Å². The Hall–Kier alpha value is -3.91. The minimum Gasteiger partial charge on any atom is -0.475 e. The number of hydrogen-bond donors (Lipinski definition) is 3. The van der Waals surface area contributed by atoms with Crippen LogP contribution in [0.1, 0.15) is 31.4 Å². The standard InChI is InChI=1S/C26H28F3N7O4/c1-24(2)39-13-18(40-24)12-38-21-9-20(30-14-31-21)34-23(37)25(15-4-3-5-16(8-15)26(27,28)29)32-10-19-22(35-25)33-17-6-7-36(19)11-17/h3-5,8-10,14,17-18,32H,6-7,11-13H2,1-2H3,(H,33,35)(H,30,31,34,37)/t17-,18+,25?/m0/s1. The van der Waals surface area contributed by atoms with Gasteiger partial charge >= 0.3 is 6.18 Å². The zero-order valence-corrected chi connectivity index (χ0v) is 21.8. The van der Waals surface area contributed by atoms with E-state index in [0.717, 1.165) is 37.3 Å². The van der Waals surface area contributed by atoms with Gasteiger partial charge in [0.15, 0.2) is 5.79 Å². The number of anilines is 1. The molecule has 1 aromatic carbocycles. The minimum absolute atomic E-state index is 0.0430. The second-order valence-electron chi connectivity index (χ2n) is 10.5. The van der Waals surface area contributed by atoms with Crippen molar-refractivity contribution in [2.45, 2.75) is 50.0 Å². The summed E-state index contributed by atoms with van der Waals surface area (Å²) in [6.07, 6.45) is -1.21. The molecule has 4 aliphatic heterocycles. The van der Waals surface area contributed by atoms with Crippen LogP contribution in [0, 0.1) is 0 Å². The predicted octanol–water partition coefficient (Wildman–Crippen LogP) is 2.34. The van der Waals surface area contributed by atoms with Crippen molar-refractivity contribution in [3.05, 3.63) is 59.7 Å². The molecule has 0 saturated carbocycles. The molecule has 5 heterocycles. The molecular weight excluding hydrogens is 531 g/mol. The maximum Gasteiger partial charge on any atom is 0.416 e. The van der Waals surface area contributed by atoms with Crippen molar-refractivity contribution in [1.82, 2.24) is 25.5 Å². The van der Waals surface area contributed by atoms with Crippen molar-refractivity contribution in [1.29, 1.82) is 0 Å². The smallest absolute Gasteiger partial charge is 0.416 e. The molecule has 2 bridgehead atoms. The van der Waals surface area contributed by atoms with Gasteiger partial charge in [-0.25, -0.2) is 9.97 Å². The number of aliphatic imine (C=N–C) groups is 1. The first kappa shape index (κ1) is 26.3. The van der Waals surface area contributed by atoms with Gasteiger partial charge in [-0.3, -0.25) is 9.79 Å². The molecule has 0 aliphatic carbocycles. The Morgan fingerprint density at radius 2 is 2.12 bits per heavy atom. The Balaban J connectivity index is 1.27. The van der Waals surface area contributed by atoms with Crippen LogP contribution in [0.4, 0.5) is 19.0 Å². The highest BCUT2D eigenvalue weighted by Gasteiger charge is 2.47. The Morgan fingerprint density at radius 3 is 2.90 bits per heavy atom. The van der Waals surface area contributed by atoms with Gasteiger partial charge in [-0.1, -0.05) is 12.1 Å². The van der Waals surface area contributed by atoms with Crippen LogP contribution in [-0.4, -0.2) is 70.8 Å². The van der Waals surface area contributed by atoms with Crippen molar-refractivity contribution in [3.63, 3.8) is 0 Å². The van der Waals surface area contributed by atoms with Crippen LogP contribution in [0.3, 0.4) is 0 Å². The highest BCUT2D eigenvalue weighted by molar-refractivity contribution is 6.07. The van der Waals surface area contributed by atoms with Gasteiger partial charge in [0.25, 0.3) is 5.91 Å². The number of amides is 1. The molecule has 11 nitrogen and oxygen atoms in total. The highest BCUT2D eigenvalue weighted by atomic mass is 19.4. The number of nitrogens with one attached hydrogen (secondary N) is 3. The Bertz CT molecular complexity index is 1380. The molecule has 40 heavy (non-hydrogen) atoms. The number of fused-ring (bicyclic) bond motifs is 4. The number of amidine groups is 1. The van der Waals surface area contributed by atoms with Gasteiger partial charge in [-0.2, -0.15) is 13.2 Å². The molecule has 1 amide bonds. The number of hydrogen-bond acceptors (Lipinski definition) is 10. The molecule has 3 atom stereocenters. The zero-order chi connectivity index (χ0) is 28.1. The number of alkyl halides is 3. The monoisotopic (exact) mass is 559 g/mol. The number of aromatic nitrogens is 2. The summed E-state index contributed by atoms with van der Waals surface area (Å²) in [5.74, 6) is -0.688. The topological polar surface area (TPSA) is 122 Å². The van der Waals surface area contributed by atoms with E-state index in [9.17, 15) is 18.0 Å². The highest BCUT2D eigenvalue weighted by Crippen LogP contribution is 2.35. The molecule has 212 valence electrons.